The van der Waals surface area contributed by atoms with Crippen LogP contribution in [0.1, 0.15) is 30.2 Å². The van der Waals surface area contributed by atoms with Gasteiger partial charge in [0.05, 0.1) is 22.8 Å². The van der Waals surface area contributed by atoms with Crippen LogP contribution in [-0.2, 0) is 6.54 Å². The first-order chi connectivity index (χ1) is 13.0. The largest absolute Gasteiger partial charge is 0.246 e. The molecule has 0 saturated heterocycles. The lowest BCUT2D eigenvalue weighted by Crippen LogP contribution is -2.31. The van der Waals surface area contributed by atoms with Crippen molar-refractivity contribution in [3.8, 4) is 0 Å². The van der Waals surface area contributed by atoms with E-state index in [2.05, 4.69) is 78.2 Å². The van der Waals surface area contributed by atoms with Crippen LogP contribution >= 0.6 is 15.9 Å². The maximum absolute atomic E-state index is 5.01. The summed E-state index contributed by atoms with van der Waals surface area (Å²) >= 11 is 3.71. The number of nitrogens with zero attached hydrogens (tertiary/aromatic N) is 5. The molecule has 0 amide bonds. The van der Waals surface area contributed by atoms with E-state index in [9.17, 15) is 0 Å². The summed E-state index contributed by atoms with van der Waals surface area (Å²) in [4.78, 5) is 4.96. The number of benzene rings is 2. The van der Waals surface area contributed by atoms with Gasteiger partial charge in [0.2, 0.25) is 0 Å². The van der Waals surface area contributed by atoms with Crippen molar-refractivity contribution in [2.75, 3.05) is 5.01 Å². The van der Waals surface area contributed by atoms with Gasteiger partial charge in [-0.1, -0.05) is 19.1 Å². The van der Waals surface area contributed by atoms with Crippen molar-refractivity contribution >= 4 is 33.0 Å². The number of rotatable bonds is 3. The first kappa shape index (κ1) is 17.9. The van der Waals surface area contributed by atoms with Crippen molar-refractivity contribution in [1.82, 2.24) is 9.78 Å². The summed E-state index contributed by atoms with van der Waals surface area (Å²) < 4.78 is 2.96. The molecule has 0 bridgehead atoms. The maximum Gasteiger partial charge on any atom is 0.179 e. The molecular formula is C21H22BrN5. The quantitative estimate of drug-likeness (QED) is 0.616. The van der Waals surface area contributed by atoms with Crippen LogP contribution in [0.2, 0.25) is 0 Å². The molecule has 1 aliphatic heterocycles. The van der Waals surface area contributed by atoms with Crippen molar-refractivity contribution in [2.45, 2.75) is 40.7 Å². The second-order valence-corrected chi connectivity index (χ2v) is 7.81. The standard InChI is InChI=1S/C21H22BrN5/c1-5-10-26-21-20(15(4)24-26)25-27(18-9-7-13(2)11-16(18)22)19-12-14(3)6-8-17(19)23-21/h6-9,11-12H,5,10H2,1-4H3. The molecule has 138 valence electrons. The van der Waals surface area contributed by atoms with Gasteiger partial charge in [-0.15, -0.1) is 0 Å². The summed E-state index contributed by atoms with van der Waals surface area (Å²) in [6.45, 7) is 9.13. The molecule has 6 heteroatoms. The first-order valence-corrected chi connectivity index (χ1v) is 9.95. The highest BCUT2D eigenvalue weighted by molar-refractivity contribution is 9.10. The molecule has 0 atom stereocenters. The van der Waals surface area contributed by atoms with Crippen molar-refractivity contribution in [2.24, 2.45) is 10.1 Å². The van der Waals surface area contributed by atoms with Crippen LogP contribution < -0.4 is 15.9 Å². The molecule has 0 aliphatic carbocycles. The fourth-order valence-corrected chi connectivity index (χ4v) is 3.95. The van der Waals surface area contributed by atoms with Gasteiger partial charge < -0.3 is 0 Å². The van der Waals surface area contributed by atoms with Crippen LogP contribution in [0.15, 0.2) is 51.0 Å². The molecule has 1 aromatic heterocycles. The minimum atomic E-state index is 0.824. The molecule has 3 aromatic rings. The summed E-state index contributed by atoms with van der Waals surface area (Å²) in [5.41, 5.74) is 6.93. The van der Waals surface area contributed by atoms with E-state index in [1.54, 1.807) is 0 Å². The molecule has 0 N–H and O–H groups in total. The van der Waals surface area contributed by atoms with E-state index in [1.165, 1.54) is 11.1 Å². The molecule has 2 heterocycles. The summed E-state index contributed by atoms with van der Waals surface area (Å²) in [6, 6.07) is 12.6. The molecule has 27 heavy (non-hydrogen) atoms. The van der Waals surface area contributed by atoms with Gasteiger partial charge in [0.25, 0.3) is 0 Å². The van der Waals surface area contributed by atoms with Crippen LogP contribution in [0, 0.1) is 20.8 Å². The summed E-state index contributed by atoms with van der Waals surface area (Å²) in [5, 5.41) is 12.5. The minimum Gasteiger partial charge on any atom is -0.246 e. The second-order valence-electron chi connectivity index (χ2n) is 6.95. The normalized spacial score (nSPS) is 12.7. The lowest BCUT2D eigenvalue weighted by Gasteiger charge is -2.21. The first-order valence-electron chi connectivity index (χ1n) is 9.15. The van der Waals surface area contributed by atoms with Gasteiger partial charge >= 0.3 is 0 Å². The Kier molecular flexibility index (Phi) is 4.60. The Hall–Kier alpha value is -2.47. The third-order valence-electron chi connectivity index (χ3n) is 4.62. The number of halogens is 1. The molecule has 0 unspecified atom stereocenters. The Balaban J connectivity index is 2.06. The molecule has 4 rings (SSSR count). The van der Waals surface area contributed by atoms with E-state index in [0.29, 0.717) is 0 Å². The van der Waals surface area contributed by atoms with Crippen LogP contribution in [0.25, 0.3) is 0 Å². The van der Waals surface area contributed by atoms with E-state index >= 15 is 0 Å². The summed E-state index contributed by atoms with van der Waals surface area (Å²) in [5.74, 6) is 0. The predicted molar refractivity (Wildman–Crippen MR) is 111 cm³/mol. The average molecular weight is 424 g/mol. The monoisotopic (exact) mass is 423 g/mol. The molecule has 0 radical (unpaired) electrons. The molecule has 0 saturated carbocycles. The highest BCUT2D eigenvalue weighted by Gasteiger charge is 2.20. The molecular weight excluding hydrogens is 402 g/mol. The Morgan fingerprint density at radius 3 is 2.44 bits per heavy atom. The van der Waals surface area contributed by atoms with Gasteiger partial charge in [-0.3, -0.25) is 0 Å². The van der Waals surface area contributed by atoms with E-state index in [-0.39, 0.29) is 0 Å². The summed E-state index contributed by atoms with van der Waals surface area (Å²) in [6.07, 6.45) is 0.997. The lowest BCUT2D eigenvalue weighted by atomic mass is 10.1. The van der Waals surface area contributed by atoms with Crippen molar-refractivity contribution in [3.05, 3.63) is 68.5 Å². The SMILES string of the molecule is CCCn1nc(C)c2c1=Nc1ccc(C)cc1N(c1ccc(C)cc1Br)N=2. The van der Waals surface area contributed by atoms with Gasteiger partial charge in [-0.2, -0.15) is 10.2 Å². The molecule has 2 aromatic carbocycles. The molecule has 0 spiro atoms. The van der Waals surface area contributed by atoms with Crippen molar-refractivity contribution in [1.29, 1.82) is 0 Å². The zero-order chi connectivity index (χ0) is 19.1. The molecule has 5 nitrogen and oxygen atoms in total. The topological polar surface area (TPSA) is 45.8 Å². The number of hydrogen-bond donors (Lipinski definition) is 0. The Morgan fingerprint density at radius 1 is 0.963 bits per heavy atom. The van der Waals surface area contributed by atoms with Crippen molar-refractivity contribution < 1.29 is 0 Å². The highest BCUT2D eigenvalue weighted by atomic mass is 79.9. The second kappa shape index (κ2) is 6.93. The van der Waals surface area contributed by atoms with Crippen LogP contribution in [0.5, 0.6) is 0 Å². The predicted octanol–water partition coefficient (Wildman–Crippen LogP) is 4.62. The van der Waals surface area contributed by atoms with Crippen LogP contribution in [0.4, 0.5) is 17.1 Å². The Labute approximate surface area is 167 Å². The van der Waals surface area contributed by atoms with E-state index < -0.39 is 0 Å². The number of anilines is 2. The zero-order valence-corrected chi connectivity index (χ0v) is 17.6. The van der Waals surface area contributed by atoms with Gasteiger partial charge in [0, 0.05) is 11.0 Å². The number of aromatic nitrogens is 2. The lowest BCUT2D eigenvalue weighted by molar-refractivity contribution is 0.573. The van der Waals surface area contributed by atoms with Crippen LogP contribution in [-0.4, -0.2) is 9.78 Å². The summed E-state index contributed by atoms with van der Waals surface area (Å²) in [7, 11) is 0. The average Bonchev–Trinajstić information content (AvgIpc) is 2.80. The van der Waals surface area contributed by atoms with E-state index in [4.69, 9.17) is 10.1 Å². The zero-order valence-electron chi connectivity index (χ0n) is 16.0. The van der Waals surface area contributed by atoms with Crippen LogP contribution in [0.3, 0.4) is 0 Å². The van der Waals surface area contributed by atoms with Crippen molar-refractivity contribution in [3.63, 3.8) is 0 Å². The fraction of sp³-hybridized carbons (Fsp3) is 0.286. The van der Waals surface area contributed by atoms with Gasteiger partial charge in [-0.25, -0.2) is 14.7 Å². The smallest absolute Gasteiger partial charge is 0.179 e. The Morgan fingerprint density at radius 2 is 1.70 bits per heavy atom. The maximum atomic E-state index is 5.01. The van der Waals surface area contributed by atoms with E-state index in [1.807, 2.05) is 16.6 Å². The number of hydrogen-bond acceptors (Lipinski definition) is 4. The molecule has 0 fully saturated rings. The minimum absolute atomic E-state index is 0.824. The van der Waals surface area contributed by atoms with Gasteiger partial charge in [0.15, 0.2) is 10.8 Å². The Bertz CT molecular complexity index is 1150. The third kappa shape index (κ3) is 3.18. The number of aryl methyl sites for hydroxylation is 4. The third-order valence-corrected chi connectivity index (χ3v) is 5.26. The van der Waals surface area contributed by atoms with Gasteiger partial charge in [-0.05, 0) is 78.5 Å². The highest BCUT2D eigenvalue weighted by Crippen LogP contribution is 2.39. The molecule has 1 aliphatic rings. The van der Waals surface area contributed by atoms with E-state index in [0.717, 1.165) is 51.0 Å². The number of fused-ring (bicyclic) bond motifs is 2. The van der Waals surface area contributed by atoms with Gasteiger partial charge in [0.1, 0.15) is 0 Å². The fourth-order valence-electron chi connectivity index (χ4n) is 3.29.